The molecule has 0 aliphatic rings. The Morgan fingerprint density at radius 2 is 1.11 bits per heavy atom. The molecule has 0 atom stereocenters. The summed E-state index contributed by atoms with van der Waals surface area (Å²) in [6, 6.07) is 32.9. The lowest BCUT2D eigenvalue weighted by atomic mass is 10.0. The van der Waals surface area contributed by atoms with Crippen molar-refractivity contribution in [1.82, 2.24) is 9.38 Å². The molecule has 4 aromatic carbocycles. The molecular weight excluding hydrogens is 340 g/mol. The fourth-order valence-electron chi connectivity index (χ4n) is 4.93. The first kappa shape index (κ1) is 14.3. The summed E-state index contributed by atoms with van der Waals surface area (Å²) < 4.78 is 2.42. The first-order chi connectivity index (χ1) is 13.9. The molecule has 2 heteroatoms. The lowest BCUT2D eigenvalue weighted by Gasteiger charge is -2.09. The lowest BCUT2D eigenvalue weighted by Crippen LogP contribution is -1.90. The van der Waals surface area contributed by atoms with E-state index in [0.717, 1.165) is 0 Å². The van der Waals surface area contributed by atoms with Crippen LogP contribution in [-0.4, -0.2) is 9.38 Å². The van der Waals surface area contributed by atoms with E-state index in [9.17, 15) is 0 Å². The fourth-order valence-corrected chi connectivity index (χ4v) is 4.93. The Balaban J connectivity index is 1.85. The molecule has 2 nitrogen and oxygen atoms in total. The molecule has 0 aliphatic heterocycles. The molecular formula is C26H16N2. The monoisotopic (exact) mass is 356 g/mol. The number of aromatic amines is 1. The third-order valence-electron chi connectivity index (χ3n) is 6.09. The zero-order valence-corrected chi connectivity index (χ0v) is 15.1. The topological polar surface area (TPSA) is 20.2 Å². The minimum atomic E-state index is 1.19. The van der Waals surface area contributed by atoms with Gasteiger partial charge >= 0.3 is 0 Å². The molecule has 0 unspecified atom stereocenters. The molecule has 130 valence electrons. The summed E-state index contributed by atoms with van der Waals surface area (Å²) in [5.41, 5.74) is 6.16. The van der Waals surface area contributed by atoms with E-state index >= 15 is 0 Å². The number of H-pyrrole nitrogens is 1. The van der Waals surface area contributed by atoms with Crippen LogP contribution in [0.1, 0.15) is 0 Å². The number of aromatic nitrogens is 2. The molecule has 0 radical (unpaired) electrons. The third-order valence-corrected chi connectivity index (χ3v) is 6.09. The van der Waals surface area contributed by atoms with Crippen LogP contribution >= 0.6 is 0 Å². The average Bonchev–Trinajstić information content (AvgIpc) is 3.32. The summed E-state index contributed by atoms with van der Waals surface area (Å²) in [4.78, 5) is 3.58. The van der Waals surface area contributed by atoms with Crippen molar-refractivity contribution in [2.45, 2.75) is 0 Å². The van der Waals surface area contributed by atoms with E-state index < -0.39 is 0 Å². The van der Waals surface area contributed by atoms with E-state index in [2.05, 4.69) is 100 Å². The lowest BCUT2D eigenvalue weighted by molar-refractivity contribution is 1.35. The standard InChI is InChI=1S/C26H16N2/c1-2-9-18-16(7-1)17-8-4-6-12-23(17)28-24-14-13-22-26(20(24)15-25(18)28)19-10-3-5-11-21(19)27-22/h1-15,27H. The maximum absolute atomic E-state index is 3.58. The highest BCUT2D eigenvalue weighted by Crippen LogP contribution is 2.38. The third kappa shape index (κ3) is 1.64. The van der Waals surface area contributed by atoms with Gasteiger partial charge in [0.05, 0.1) is 16.6 Å². The Labute approximate surface area is 160 Å². The van der Waals surface area contributed by atoms with Crippen LogP contribution in [0.15, 0.2) is 91.0 Å². The van der Waals surface area contributed by atoms with Gasteiger partial charge in [0.2, 0.25) is 0 Å². The summed E-state index contributed by atoms with van der Waals surface area (Å²) in [6.07, 6.45) is 0. The number of para-hydroxylation sites is 2. The zero-order valence-electron chi connectivity index (χ0n) is 15.1. The van der Waals surface area contributed by atoms with Crippen molar-refractivity contribution >= 4 is 59.9 Å². The van der Waals surface area contributed by atoms with Crippen LogP contribution < -0.4 is 0 Å². The highest BCUT2D eigenvalue weighted by atomic mass is 14.9. The minimum absolute atomic E-state index is 1.19. The molecule has 0 amide bonds. The number of hydrogen-bond donors (Lipinski definition) is 1. The van der Waals surface area contributed by atoms with Crippen molar-refractivity contribution < 1.29 is 0 Å². The van der Waals surface area contributed by atoms with Crippen LogP contribution in [0.25, 0.3) is 59.9 Å². The number of nitrogens with zero attached hydrogens (tertiary/aromatic N) is 1. The quantitative estimate of drug-likeness (QED) is 0.281. The Morgan fingerprint density at radius 3 is 1.96 bits per heavy atom. The number of rotatable bonds is 0. The second kappa shape index (κ2) is 4.93. The molecule has 3 aromatic heterocycles. The number of hydrogen-bond acceptors (Lipinski definition) is 0. The van der Waals surface area contributed by atoms with Crippen molar-refractivity contribution in [1.29, 1.82) is 0 Å². The Hall–Kier alpha value is -3.78. The van der Waals surface area contributed by atoms with Crippen LogP contribution in [0.2, 0.25) is 0 Å². The first-order valence-electron chi connectivity index (χ1n) is 9.64. The van der Waals surface area contributed by atoms with Gasteiger partial charge in [0, 0.05) is 38.0 Å². The molecule has 0 spiro atoms. The molecule has 28 heavy (non-hydrogen) atoms. The van der Waals surface area contributed by atoms with Crippen LogP contribution in [-0.2, 0) is 0 Å². The number of fused-ring (bicyclic) bond motifs is 12. The van der Waals surface area contributed by atoms with Crippen molar-refractivity contribution in [2.24, 2.45) is 0 Å². The molecule has 7 aromatic rings. The maximum Gasteiger partial charge on any atom is 0.0547 e. The predicted molar refractivity (Wildman–Crippen MR) is 119 cm³/mol. The van der Waals surface area contributed by atoms with Gasteiger partial charge in [-0.2, -0.15) is 0 Å². The molecule has 0 fully saturated rings. The van der Waals surface area contributed by atoms with Crippen LogP contribution in [0, 0.1) is 0 Å². The van der Waals surface area contributed by atoms with Crippen LogP contribution in [0.5, 0.6) is 0 Å². The van der Waals surface area contributed by atoms with Crippen molar-refractivity contribution in [2.75, 3.05) is 0 Å². The van der Waals surface area contributed by atoms with E-state index in [1.807, 2.05) is 0 Å². The molecule has 0 bridgehead atoms. The van der Waals surface area contributed by atoms with E-state index in [1.165, 1.54) is 59.9 Å². The molecule has 7 rings (SSSR count). The van der Waals surface area contributed by atoms with Gasteiger partial charge in [0.1, 0.15) is 0 Å². The van der Waals surface area contributed by atoms with Gasteiger partial charge in [0.15, 0.2) is 0 Å². The Morgan fingerprint density at radius 1 is 0.464 bits per heavy atom. The molecule has 0 aliphatic carbocycles. The highest BCUT2D eigenvalue weighted by Gasteiger charge is 2.15. The predicted octanol–water partition coefficient (Wildman–Crippen LogP) is 7.03. The van der Waals surface area contributed by atoms with Gasteiger partial charge in [0.25, 0.3) is 0 Å². The molecule has 0 saturated heterocycles. The second-order valence-electron chi connectivity index (χ2n) is 7.52. The van der Waals surface area contributed by atoms with E-state index in [1.54, 1.807) is 0 Å². The summed E-state index contributed by atoms with van der Waals surface area (Å²) in [5, 5.41) is 7.80. The molecule has 0 saturated carbocycles. The van der Waals surface area contributed by atoms with Gasteiger partial charge in [-0.3, -0.25) is 0 Å². The maximum atomic E-state index is 3.58. The van der Waals surface area contributed by atoms with Crippen molar-refractivity contribution in [3.05, 3.63) is 91.0 Å². The number of pyridine rings is 1. The number of benzene rings is 4. The zero-order chi connectivity index (χ0) is 18.2. The second-order valence-corrected chi connectivity index (χ2v) is 7.52. The van der Waals surface area contributed by atoms with Crippen molar-refractivity contribution in [3.63, 3.8) is 0 Å². The smallest absolute Gasteiger partial charge is 0.0547 e. The summed E-state index contributed by atoms with van der Waals surface area (Å²) in [5.74, 6) is 0. The van der Waals surface area contributed by atoms with Gasteiger partial charge in [-0.1, -0.05) is 60.7 Å². The number of nitrogens with one attached hydrogen (secondary N) is 1. The SMILES string of the molecule is c1ccc2c(c1)[nH]c1ccc3c(cc4c5ccccc5c5ccccc5n43)c12. The average molecular weight is 356 g/mol. The van der Waals surface area contributed by atoms with E-state index in [-0.39, 0.29) is 0 Å². The summed E-state index contributed by atoms with van der Waals surface area (Å²) in [6.45, 7) is 0. The fraction of sp³-hybridized carbons (Fsp3) is 0. The first-order valence-corrected chi connectivity index (χ1v) is 9.64. The van der Waals surface area contributed by atoms with E-state index in [4.69, 9.17) is 0 Å². The largest absolute Gasteiger partial charge is 0.354 e. The molecule has 1 N–H and O–H groups in total. The van der Waals surface area contributed by atoms with E-state index in [0.29, 0.717) is 0 Å². The van der Waals surface area contributed by atoms with Gasteiger partial charge < -0.3 is 9.38 Å². The molecule has 3 heterocycles. The van der Waals surface area contributed by atoms with Gasteiger partial charge in [-0.05, 0) is 35.7 Å². The van der Waals surface area contributed by atoms with Gasteiger partial charge in [-0.25, -0.2) is 0 Å². The minimum Gasteiger partial charge on any atom is -0.354 e. The normalized spacial score (nSPS) is 12.3. The Bertz CT molecular complexity index is 1710. The summed E-state index contributed by atoms with van der Waals surface area (Å²) in [7, 11) is 0. The van der Waals surface area contributed by atoms with Crippen LogP contribution in [0.4, 0.5) is 0 Å². The highest BCUT2D eigenvalue weighted by molar-refractivity contribution is 6.24. The van der Waals surface area contributed by atoms with Crippen molar-refractivity contribution in [3.8, 4) is 0 Å². The summed E-state index contributed by atoms with van der Waals surface area (Å²) >= 11 is 0. The van der Waals surface area contributed by atoms with Crippen LogP contribution in [0.3, 0.4) is 0 Å². The Kier molecular flexibility index (Phi) is 2.52. The van der Waals surface area contributed by atoms with Gasteiger partial charge in [-0.15, -0.1) is 0 Å².